The van der Waals surface area contributed by atoms with Crippen LogP contribution < -0.4 is 5.32 Å². The Morgan fingerprint density at radius 1 is 1.41 bits per heavy atom. The van der Waals surface area contributed by atoms with E-state index in [4.69, 9.17) is 0 Å². The number of ketones is 1. The van der Waals surface area contributed by atoms with Crippen LogP contribution in [-0.2, 0) is 11.3 Å². The highest BCUT2D eigenvalue weighted by molar-refractivity contribution is 5.97. The van der Waals surface area contributed by atoms with Crippen molar-refractivity contribution in [3.63, 3.8) is 0 Å². The quantitative estimate of drug-likeness (QED) is 0.766. The van der Waals surface area contributed by atoms with E-state index in [2.05, 4.69) is 5.32 Å². The minimum Gasteiger partial charge on any atom is -0.359 e. The molecule has 0 bridgehead atoms. The molecule has 1 N–H and O–H groups in total. The Kier molecular flexibility index (Phi) is 4.94. The maximum atomic E-state index is 11.7. The average molecular weight is 236 g/mol. The van der Waals surface area contributed by atoms with Crippen molar-refractivity contribution < 1.29 is 9.59 Å². The molecule has 0 fully saturated rings. The van der Waals surface area contributed by atoms with Gasteiger partial charge in [0.2, 0.25) is 5.91 Å². The molecule has 0 saturated heterocycles. The molecule has 1 rings (SSSR count). The number of hydrogen-bond acceptors (Lipinski definition) is 2. The Morgan fingerprint density at radius 2 is 2.12 bits per heavy atom. The molecule has 1 aromatic rings. The van der Waals surface area contributed by atoms with Crippen molar-refractivity contribution in [1.29, 1.82) is 0 Å². The molecule has 0 unspecified atom stereocenters. The molecule has 0 aromatic carbocycles. The Morgan fingerprint density at radius 3 is 2.71 bits per heavy atom. The lowest BCUT2D eigenvalue weighted by molar-refractivity contribution is -0.120. The minimum atomic E-state index is 0.0247. The number of carbonyl (C=O) groups excluding carboxylic acids is 2. The Bertz CT molecular complexity index is 394. The molecule has 4 heteroatoms. The third-order valence-corrected chi connectivity index (χ3v) is 2.66. The van der Waals surface area contributed by atoms with Crippen molar-refractivity contribution in [3.05, 3.63) is 24.0 Å². The van der Waals surface area contributed by atoms with Gasteiger partial charge >= 0.3 is 0 Å². The third kappa shape index (κ3) is 4.06. The van der Waals surface area contributed by atoms with Crippen LogP contribution in [0.2, 0.25) is 0 Å². The summed E-state index contributed by atoms with van der Waals surface area (Å²) in [5, 5.41) is 2.59. The van der Waals surface area contributed by atoms with E-state index in [1.165, 1.54) is 0 Å². The first-order chi connectivity index (χ1) is 8.04. The van der Waals surface area contributed by atoms with Gasteiger partial charge in [0.05, 0.1) is 0 Å². The molecule has 94 valence electrons. The van der Waals surface area contributed by atoms with Gasteiger partial charge < -0.3 is 9.88 Å². The summed E-state index contributed by atoms with van der Waals surface area (Å²) in [5.41, 5.74) is 0.750. The summed E-state index contributed by atoms with van der Waals surface area (Å²) in [4.78, 5) is 22.7. The maximum Gasteiger partial charge on any atom is 0.219 e. The first-order valence-electron chi connectivity index (χ1n) is 5.95. The second-order valence-corrected chi connectivity index (χ2v) is 4.43. The highest BCUT2D eigenvalue weighted by atomic mass is 16.1. The van der Waals surface area contributed by atoms with E-state index in [1.807, 2.05) is 36.9 Å². The molecular weight excluding hydrogens is 216 g/mol. The largest absolute Gasteiger partial charge is 0.359 e. The Balaban J connectivity index is 2.46. The van der Waals surface area contributed by atoms with Gasteiger partial charge in [-0.15, -0.1) is 0 Å². The van der Waals surface area contributed by atoms with E-state index >= 15 is 0 Å². The van der Waals surface area contributed by atoms with E-state index in [0.29, 0.717) is 6.42 Å². The molecule has 4 nitrogen and oxygen atoms in total. The van der Waals surface area contributed by atoms with E-state index in [0.717, 1.165) is 18.5 Å². The van der Waals surface area contributed by atoms with Gasteiger partial charge in [0, 0.05) is 43.9 Å². The fourth-order valence-corrected chi connectivity index (χ4v) is 1.61. The van der Waals surface area contributed by atoms with E-state index < -0.39 is 0 Å². The fraction of sp³-hybridized carbons (Fsp3) is 0.538. The predicted octanol–water partition coefficient (Wildman–Crippen LogP) is 1.85. The van der Waals surface area contributed by atoms with Gasteiger partial charge in [0.25, 0.3) is 0 Å². The molecule has 0 atom stereocenters. The molecule has 1 amide bonds. The number of Topliss-reactive ketones (excluding diaryl/α,β-unsaturated/α-hetero) is 1. The van der Waals surface area contributed by atoms with Crippen molar-refractivity contribution in [2.45, 2.75) is 33.2 Å². The number of carbonyl (C=O) groups is 2. The van der Waals surface area contributed by atoms with Gasteiger partial charge in [-0.25, -0.2) is 0 Å². The summed E-state index contributed by atoms with van der Waals surface area (Å²) in [6.07, 6.45) is 5.04. The molecule has 1 heterocycles. The lowest BCUT2D eigenvalue weighted by Gasteiger charge is -2.03. The molecule has 17 heavy (non-hydrogen) atoms. The number of aryl methyl sites for hydroxylation is 1. The lowest BCUT2D eigenvalue weighted by Crippen LogP contribution is -2.17. The third-order valence-electron chi connectivity index (χ3n) is 2.66. The monoisotopic (exact) mass is 236 g/mol. The molecule has 0 aliphatic heterocycles. The number of hydrogen-bond donors (Lipinski definition) is 1. The van der Waals surface area contributed by atoms with Gasteiger partial charge in [0.1, 0.15) is 0 Å². The topological polar surface area (TPSA) is 51.1 Å². The van der Waals surface area contributed by atoms with Crippen molar-refractivity contribution in [1.82, 2.24) is 9.88 Å². The molecule has 0 radical (unpaired) electrons. The summed E-state index contributed by atoms with van der Waals surface area (Å²) in [6.45, 7) is 4.55. The zero-order valence-electron chi connectivity index (χ0n) is 10.7. The highest BCUT2D eigenvalue weighted by Gasteiger charge is 2.11. The van der Waals surface area contributed by atoms with Crippen LogP contribution >= 0.6 is 0 Å². The molecule has 0 aliphatic rings. The van der Waals surface area contributed by atoms with E-state index in [1.54, 1.807) is 7.05 Å². The van der Waals surface area contributed by atoms with Crippen LogP contribution in [0.4, 0.5) is 0 Å². The zero-order chi connectivity index (χ0) is 12.8. The first-order valence-corrected chi connectivity index (χ1v) is 5.95. The van der Waals surface area contributed by atoms with E-state index in [-0.39, 0.29) is 17.6 Å². The van der Waals surface area contributed by atoms with Gasteiger partial charge in [0.15, 0.2) is 5.78 Å². The minimum absolute atomic E-state index is 0.0247. The standard InChI is InChI=1S/C13H20N2O2/c1-10(2)13(17)11-6-8-15(9-11)7-4-5-12(16)14-3/h6,8-10H,4-5,7H2,1-3H3,(H,14,16). The van der Waals surface area contributed by atoms with Gasteiger partial charge in [-0.2, -0.15) is 0 Å². The molecule has 1 aromatic heterocycles. The summed E-state index contributed by atoms with van der Waals surface area (Å²) >= 11 is 0. The first kappa shape index (κ1) is 13.5. The van der Waals surface area contributed by atoms with Gasteiger partial charge in [-0.3, -0.25) is 9.59 Å². The number of amides is 1. The number of nitrogens with one attached hydrogen (secondary N) is 1. The van der Waals surface area contributed by atoms with Crippen molar-refractivity contribution in [2.24, 2.45) is 5.92 Å². The summed E-state index contributed by atoms with van der Waals surface area (Å²) in [6, 6.07) is 1.84. The normalized spacial score (nSPS) is 10.6. The maximum absolute atomic E-state index is 11.7. The van der Waals surface area contributed by atoms with Crippen LogP contribution in [0.3, 0.4) is 0 Å². The van der Waals surface area contributed by atoms with Gasteiger partial charge in [-0.05, 0) is 12.5 Å². The van der Waals surface area contributed by atoms with Crippen LogP contribution in [0.25, 0.3) is 0 Å². The van der Waals surface area contributed by atoms with Crippen molar-refractivity contribution in [3.8, 4) is 0 Å². The van der Waals surface area contributed by atoms with E-state index in [9.17, 15) is 9.59 Å². The number of rotatable bonds is 6. The van der Waals surface area contributed by atoms with Crippen LogP contribution in [-0.4, -0.2) is 23.3 Å². The average Bonchev–Trinajstić information content (AvgIpc) is 2.76. The summed E-state index contributed by atoms with van der Waals surface area (Å²) in [7, 11) is 1.64. The SMILES string of the molecule is CNC(=O)CCCn1ccc(C(=O)C(C)C)c1. The second kappa shape index (κ2) is 6.23. The molecule has 0 saturated carbocycles. The Hall–Kier alpha value is -1.58. The molecule has 0 aliphatic carbocycles. The number of aromatic nitrogens is 1. The summed E-state index contributed by atoms with van der Waals surface area (Å²) < 4.78 is 1.96. The van der Waals surface area contributed by atoms with Crippen molar-refractivity contribution in [2.75, 3.05) is 7.05 Å². The zero-order valence-corrected chi connectivity index (χ0v) is 10.7. The van der Waals surface area contributed by atoms with Crippen molar-refractivity contribution >= 4 is 11.7 Å². The van der Waals surface area contributed by atoms with Crippen LogP contribution in [0, 0.1) is 5.92 Å². The van der Waals surface area contributed by atoms with Crippen LogP contribution in [0.1, 0.15) is 37.0 Å². The summed E-state index contributed by atoms with van der Waals surface area (Å²) in [5.74, 6) is 0.238. The highest BCUT2D eigenvalue weighted by Crippen LogP contribution is 2.09. The van der Waals surface area contributed by atoms with Crippen LogP contribution in [0.15, 0.2) is 18.5 Å². The number of nitrogens with zero attached hydrogens (tertiary/aromatic N) is 1. The second-order valence-electron chi connectivity index (χ2n) is 4.43. The smallest absolute Gasteiger partial charge is 0.219 e. The lowest BCUT2D eigenvalue weighted by atomic mass is 10.0. The molecule has 0 spiro atoms. The van der Waals surface area contributed by atoms with Gasteiger partial charge in [-0.1, -0.05) is 13.8 Å². The predicted molar refractivity (Wildman–Crippen MR) is 66.9 cm³/mol. The Labute approximate surface area is 102 Å². The molecular formula is C13H20N2O2. The van der Waals surface area contributed by atoms with Crippen LogP contribution in [0.5, 0.6) is 0 Å². The fourth-order valence-electron chi connectivity index (χ4n) is 1.61.